The molecule has 2 aromatic rings. The van der Waals surface area contributed by atoms with Crippen molar-refractivity contribution >= 4 is 12.4 Å². The summed E-state index contributed by atoms with van der Waals surface area (Å²) in [6, 6.07) is 18.8. The highest BCUT2D eigenvalue weighted by Gasteiger charge is 1.97. The number of halogens is 1. The second-order valence-electron chi connectivity index (χ2n) is 4.65. The average Bonchev–Trinajstić information content (AvgIpc) is 2.46. The van der Waals surface area contributed by atoms with Crippen molar-refractivity contribution in [3.05, 3.63) is 65.7 Å². The Kier molecular flexibility index (Phi) is 7.78. The van der Waals surface area contributed by atoms with Gasteiger partial charge in [-0.05, 0) is 49.1 Å². The van der Waals surface area contributed by atoms with E-state index < -0.39 is 0 Å². The molecule has 0 heterocycles. The van der Waals surface area contributed by atoms with Gasteiger partial charge in [-0.25, -0.2) is 0 Å². The van der Waals surface area contributed by atoms with Crippen molar-refractivity contribution in [1.29, 1.82) is 0 Å². The fourth-order valence-electron chi connectivity index (χ4n) is 1.97. The Labute approximate surface area is 127 Å². The van der Waals surface area contributed by atoms with Crippen molar-refractivity contribution in [2.45, 2.75) is 19.3 Å². The summed E-state index contributed by atoms with van der Waals surface area (Å²) in [5.74, 6) is 0.939. The predicted octanol–water partition coefficient (Wildman–Crippen LogP) is 3.82. The van der Waals surface area contributed by atoms with Crippen molar-refractivity contribution in [3.8, 4) is 5.75 Å². The maximum absolute atomic E-state index is 5.66. The number of nitrogens with two attached hydrogens (primary N) is 1. The summed E-state index contributed by atoms with van der Waals surface area (Å²) in [7, 11) is 0. The fraction of sp³-hybridized carbons (Fsp3) is 0.294. The van der Waals surface area contributed by atoms with Crippen LogP contribution >= 0.6 is 12.4 Å². The molecule has 2 aromatic carbocycles. The van der Waals surface area contributed by atoms with Crippen molar-refractivity contribution < 1.29 is 4.74 Å². The Morgan fingerprint density at radius 2 is 1.45 bits per heavy atom. The topological polar surface area (TPSA) is 35.2 Å². The minimum Gasteiger partial charge on any atom is -0.494 e. The maximum atomic E-state index is 5.66. The van der Waals surface area contributed by atoms with E-state index in [9.17, 15) is 0 Å². The molecule has 2 N–H and O–H groups in total. The van der Waals surface area contributed by atoms with E-state index in [0.29, 0.717) is 0 Å². The highest BCUT2D eigenvalue weighted by atomic mass is 35.5. The van der Waals surface area contributed by atoms with E-state index in [0.717, 1.165) is 38.2 Å². The van der Waals surface area contributed by atoms with Gasteiger partial charge in [-0.15, -0.1) is 12.4 Å². The summed E-state index contributed by atoms with van der Waals surface area (Å²) in [5, 5.41) is 0. The Morgan fingerprint density at radius 3 is 2.10 bits per heavy atom. The Bertz CT molecular complexity index is 470. The van der Waals surface area contributed by atoms with Crippen LogP contribution in [-0.4, -0.2) is 13.2 Å². The molecular formula is C17H22ClNO. The molecule has 0 aromatic heterocycles. The van der Waals surface area contributed by atoms with E-state index in [2.05, 4.69) is 36.4 Å². The summed E-state index contributed by atoms with van der Waals surface area (Å²) in [6.07, 6.45) is 3.00. The van der Waals surface area contributed by atoms with E-state index in [1.165, 1.54) is 11.1 Å². The van der Waals surface area contributed by atoms with Crippen molar-refractivity contribution in [3.63, 3.8) is 0 Å². The average molecular weight is 292 g/mol. The molecule has 2 rings (SSSR count). The van der Waals surface area contributed by atoms with E-state index >= 15 is 0 Å². The molecule has 0 atom stereocenters. The lowest BCUT2D eigenvalue weighted by molar-refractivity contribution is 0.308. The third kappa shape index (κ3) is 5.64. The number of rotatable bonds is 7. The lowest BCUT2D eigenvalue weighted by atomic mass is 10.1. The van der Waals surface area contributed by atoms with Gasteiger partial charge in [0.1, 0.15) is 5.75 Å². The molecule has 0 bridgehead atoms. The summed E-state index contributed by atoms with van der Waals surface area (Å²) < 4.78 is 5.66. The summed E-state index contributed by atoms with van der Waals surface area (Å²) in [4.78, 5) is 0. The van der Waals surface area contributed by atoms with Crippen LogP contribution in [0.25, 0.3) is 0 Å². The van der Waals surface area contributed by atoms with Gasteiger partial charge in [-0.1, -0.05) is 42.5 Å². The van der Waals surface area contributed by atoms with E-state index in [1.807, 2.05) is 18.2 Å². The molecule has 0 unspecified atom stereocenters. The molecule has 0 saturated heterocycles. The molecule has 2 nitrogen and oxygen atoms in total. The first-order valence-corrected chi connectivity index (χ1v) is 6.84. The van der Waals surface area contributed by atoms with E-state index in [-0.39, 0.29) is 12.4 Å². The van der Waals surface area contributed by atoms with Crippen LogP contribution in [0, 0.1) is 0 Å². The first kappa shape index (κ1) is 16.5. The molecule has 0 aliphatic rings. The predicted molar refractivity (Wildman–Crippen MR) is 86.7 cm³/mol. The van der Waals surface area contributed by atoms with Crippen LogP contribution in [0.15, 0.2) is 54.6 Å². The number of hydrogen-bond donors (Lipinski definition) is 1. The molecule has 108 valence electrons. The highest BCUT2D eigenvalue weighted by Crippen LogP contribution is 2.15. The minimum absolute atomic E-state index is 0. The van der Waals surface area contributed by atoms with Gasteiger partial charge in [0, 0.05) is 0 Å². The first-order valence-electron chi connectivity index (χ1n) is 6.84. The van der Waals surface area contributed by atoms with Crippen molar-refractivity contribution in [1.82, 2.24) is 0 Å². The molecule has 0 aliphatic carbocycles. The zero-order valence-electron chi connectivity index (χ0n) is 11.6. The van der Waals surface area contributed by atoms with Crippen LogP contribution in [-0.2, 0) is 6.42 Å². The molecule has 0 aliphatic heterocycles. The molecule has 0 amide bonds. The van der Waals surface area contributed by atoms with Gasteiger partial charge in [-0.2, -0.15) is 0 Å². The number of unbranched alkanes of at least 4 members (excludes halogenated alkanes) is 1. The minimum atomic E-state index is 0. The molecule has 3 heteroatoms. The fourth-order valence-corrected chi connectivity index (χ4v) is 1.97. The Morgan fingerprint density at radius 1 is 0.800 bits per heavy atom. The van der Waals surface area contributed by atoms with Crippen LogP contribution in [0.2, 0.25) is 0 Å². The lowest BCUT2D eigenvalue weighted by Gasteiger charge is -2.07. The van der Waals surface area contributed by atoms with Gasteiger partial charge in [-0.3, -0.25) is 0 Å². The van der Waals surface area contributed by atoms with Gasteiger partial charge in [0.2, 0.25) is 0 Å². The van der Waals surface area contributed by atoms with Gasteiger partial charge < -0.3 is 10.5 Å². The smallest absolute Gasteiger partial charge is 0.119 e. The second-order valence-corrected chi connectivity index (χ2v) is 4.65. The molecule has 20 heavy (non-hydrogen) atoms. The van der Waals surface area contributed by atoms with Crippen LogP contribution in [0.5, 0.6) is 5.75 Å². The number of hydrogen-bond acceptors (Lipinski definition) is 2. The highest BCUT2D eigenvalue weighted by molar-refractivity contribution is 5.85. The molecule has 0 saturated carbocycles. The van der Waals surface area contributed by atoms with Crippen molar-refractivity contribution in [2.75, 3.05) is 13.2 Å². The van der Waals surface area contributed by atoms with E-state index in [1.54, 1.807) is 0 Å². The summed E-state index contributed by atoms with van der Waals surface area (Å²) in [5.41, 5.74) is 8.08. The quantitative estimate of drug-likeness (QED) is 0.787. The SMILES string of the molecule is Cl.NCCCCOc1ccc(Cc2ccccc2)cc1. The normalized spacial score (nSPS) is 9.85. The number of benzene rings is 2. The van der Waals surface area contributed by atoms with Crippen LogP contribution in [0.4, 0.5) is 0 Å². The summed E-state index contributed by atoms with van der Waals surface area (Å²) in [6.45, 7) is 1.48. The third-order valence-electron chi connectivity index (χ3n) is 3.04. The van der Waals surface area contributed by atoms with Gasteiger partial charge in [0.15, 0.2) is 0 Å². The maximum Gasteiger partial charge on any atom is 0.119 e. The summed E-state index contributed by atoms with van der Waals surface area (Å²) >= 11 is 0. The van der Waals surface area contributed by atoms with E-state index in [4.69, 9.17) is 10.5 Å². The number of ether oxygens (including phenoxy) is 1. The van der Waals surface area contributed by atoms with Crippen molar-refractivity contribution in [2.24, 2.45) is 5.73 Å². The zero-order chi connectivity index (χ0) is 13.3. The third-order valence-corrected chi connectivity index (χ3v) is 3.04. The van der Waals surface area contributed by atoms with Crippen LogP contribution < -0.4 is 10.5 Å². The molecule has 0 spiro atoms. The first-order chi connectivity index (χ1) is 9.38. The standard InChI is InChI=1S/C17H21NO.ClH/c18-12-4-5-13-19-17-10-8-16(9-11-17)14-15-6-2-1-3-7-15;/h1-3,6-11H,4-5,12-14,18H2;1H. The monoisotopic (exact) mass is 291 g/mol. The van der Waals surface area contributed by atoms with Gasteiger partial charge in [0.25, 0.3) is 0 Å². The molecule has 0 radical (unpaired) electrons. The largest absolute Gasteiger partial charge is 0.494 e. The molecular weight excluding hydrogens is 270 g/mol. The molecule has 0 fully saturated rings. The van der Waals surface area contributed by atoms with Crippen LogP contribution in [0.1, 0.15) is 24.0 Å². The van der Waals surface area contributed by atoms with Crippen LogP contribution in [0.3, 0.4) is 0 Å². The van der Waals surface area contributed by atoms with Gasteiger partial charge >= 0.3 is 0 Å². The second kappa shape index (κ2) is 9.40. The Balaban J connectivity index is 0.00000200. The zero-order valence-corrected chi connectivity index (χ0v) is 12.4. The lowest BCUT2D eigenvalue weighted by Crippen LogP contribution is -2.03. The van der Waals surface area contributed by atoms with Gasteiger partial charge in [0.05, 0.1) is 6.61 Å². The Hall–Kier alpha value is -1.51.